The predicted molar refractivity (Wildman–Crippen MR) is 89.5 cm³/mol. The molecule has 0 unspecified atom stereocenters. The smallest absolute Gasteiger partial charge is 0.293 e. The summed E-state index contributed by atoms with van der Waals surface area (Å²) in [4.78, 5) is 30.3. The number of carbonyl (C=O) groups is 1. The van der Waals surface area contributed by atoms with Gasteiger partial charge in [0.05, 0.1) is 10.6 Å². The van der Waals surface area contributed by atoms with Gasteiger partial charge < -0.3 is 4.90 Å². The molecule has 7 nitrogen and oxygen atoms in total. The zero-order chi connectivity index (χ0) is 16.6. The van der Waals surface area contributed by atoms with E-state index in [9.17, 15) is 14.9 Å². The summed E-state index contributed by atoms with van der Waals surface area (Å²) >= 11 is 1.48. The van der Waals surface area contributed by atoms with E-state index >= 15 is 0 Å². The maximum atomic E-state index is 12.3. The number of rotatable bonds is 4. The van der Waals surface area contributed by atoms with Gasteiger partial charge in [0.15, 0.2) is 5.13 Å². The Morgan fingerprint density at radius 1 is 1.39 bits per heavy atom. The van der Waals surface area contributed by atoms with Crippen molar-refractivity contribution < 1.29 is 9.72 Å². The lowest BCUT2D eigenvalue weighted by Gasteiger charge is -2.13. The summed E-state index contributed by atoms with van der Waals surface area (Å²) < 4.78 is 0. The third-order valence-corrected chi connectivity index (χ3v) is 4.81. The van der Waals surface area contributed by atoms with Crippen LogP contribution in [-0.2, 0) is 12.8 Å². The van der Waals surface area contributed by atoms with Crippen LogP contribution in [0.1, 0.15) is 27.3 Å². The first-order valence-electron chi connectivity index (χ1n) is 7.21. The second-order valence-corrected chi connectivity index (χ2v) is 6.64. The molecule has 1 aliphatic rings. The number of anilines is 2. The number of thiazole rings is 1. The predicted octanol–water partition coefficient (Wildman–Crippen LogP) is 2.86. The molecule has 1 aliphatic carbocycles. The molecule has 2 aromatic rings. The van der Waals surface area contributed by atoms with Gasteiger partial charge in [-0.15, -0.1) is 11.3 Å². The monoisotopic (exact) mass is 332 g/mol. The van der Waals surface area contributed by atoms with Crippen LogP contribution in [0.25, 0.3) is 0 Å². The number of nitrogens with zero attached hydrogens (tertiary/aromatic N) is 3. The zero-order valence-corrected chi connectivity index (χ0v) is 13.6. The third kappa shape index (κ3) is 3.02. The van der Waals surface area contributed by atoms with Crippen molar-refractivity contribution in [3.63, 3.8) is 0 Å². The van der Waals surface area contributed by atoms with Crippen molar-refractivity contribution in [2.75, 3.05) is 24.3 Å². The first kappa shape index (κ1) is 15.4. The third-order valence-electron chi connectivity index (χ3n) is 3.73. The second-order valence-electron chi connectivity index (χ2n) is 5.55. The fraction of sp³-hybridized carbons (Fsp3) is 0.333. The van der Waals surface area contributed by atoms with E-state index < -0.39 is 4.92 Å². The van der Waals surface area contributed by atoms with Gasteiger partial charge in [-0.2, -0.15) is 0 Å². The first-order chi connectivity index (χ1) is 11.0. The summed E-state index contributed by atoms with van der Waals surface area (Å²) in [7, 11) is 3.44. The van der Waals surface area contributed by atoms with Crippen LogP contribution in [0.15, 0.2) is 18.2 Å². The van der Waals surface area contributed by atoms with Crippen molar-refractivity contribution in [3.8, 4) is 0 Å². The van der Waals surface area contributed by atoms with Crippen molar-refractivity contribution in [3.05, 3.63) is 44.4 Å². The number of amides is 1. The van der Waals surface area contributed by atoms with Crippen LogP contribution in [0.5, 0.6) is 0 Å². The highest BCUT2D eigenvalue weighted by atomic mass is 32.1. The van der Waals surface area contributed by atoms with Gasteiger partial charge in [-0.25, -0.2) is 4.98 Å². The summed E-state index contributed by atoms with van der Waals surface area (Å²) in [6.07, 6.45) is 3.07. The van der Waals surface area contributed by atoms with Gasteiger partial charge in [0.2, 0.25) is 0 Å². The van der Waals surface area contributed by atoms with Crippen molar-refractivity contribution >= 4 is 33.8 Å². The molecule has 0 saturated heterocycles. The van der Waals surface area contributed by atoms with Crippen LogP contribution in [-0.4, -0.2) is 29.9 Å². The van der Waals surface area contributed by atoms with Gasteiger partial charge in [-0.1, -0.05) is 0 Å². The van der Waals surface area contributed by atoms with Crippen molar-refractivity contribution in [2.45, 2.75) is 19.3 Å². The van der Waals surface area contributed by atoms with E-state index in [-0.39, 0.29) is 17.2 Å². The van der Waals surface area contributed by atoms with Gasteiger partial charge >= 0.3 is 0 Å². The molecule has 0 atom stereocenters. The Morgan fingerprint density at radius 3 is 2.83 bits per heavy atom. The molecule has 0 fully saturated rings. The number of aryl methyl sites for hydroxylation is 2. The second kappa shape index (κ2) is 5.96. The molecule has 1 aromatic carbocycles. The highest BCUT2D eigenvalue weighted by molar-refractivity contribution is 7.16. The minimum absolute atomic E-state index is 0.0933. The Balaban J connectivity index is 1.84. The molecule has 1 heterocycles. The number of carbonyl (C=O) groups excluding carboxylic acids is 1. The zero-order valence-electron chi connectivity index (χ0n) is 12.8. The van der Waals surface area contributed by atoms with Crippen LogP contribution < -0.4 is 10.2 Å². The van der Waals surface area contributed by atoms with Gasteiger partial charge in [0, 0.05) is 30.6 Å². The minimum atomic E-state index is -0.482. The maximum Gasteiger partial charge on any atom is 0.293 e. The quantitative estimate of drug-likeness (QED) is 0.687. The number of benzene rings is 1. The lowest BCUT2D eigenvalue weighted by molar-refractivity contribution is -0.384. The molecule has 0 spiro atoms. The number of aromatic nitrogens is 1. The number of hydrogen-bond donors (Lipinski definition) is 1. The summed E-state index contributed by atoms with van der Waals surface area (Å²) in [6.45, 7) is 0. The van der Waals surface area contributed by atoms with E-state index in [4.69, 9.17) is 0 Å². The van der Waals surface area contributed by atoms with Gasteiger partial charge in [0.1, 0.15) is 5.69 Å². The fourth-order valence-electron chi connectivity index (χ4n) is 2.60. The maximum absolute atomic E-state index is 12.3. The Kier molecular flexibility index (Phi) is 3.99. The van der Waals surface area contributed by atoms with E-state index in [0.29, 0.717) is 10.8 Å². The SMILES string of the molecule is CN(C)c1ccc(C(=O)Nc2nc3c(s2)CCC3)cc1[N+](=O)[O-]. The van der Waals surface area contributed by atoms with E-state index in [2.05, 4.69) is 10.3 Å². The number of nitrogens with one attached hydrogen (secondary N) is 1. The average Bonchev–Trinajstić information content (AvgIpc) is 3.07. The Hall–Kier alpha value is -2.48. The van der Waals surface area contributed by atoms with E-state index in [1.54, 1.807) is 31.1 Å². The van der Waals surface area contributed by atoms with Crippen LogP contribution in [0.4, 0.5) is 16.5 Å². The average molecular weight is 332 g/mol. The molecule has 1 aromatic heterocycles. The molecule has 3 rings (SSSR count). The van der Waals surface area contributed by atoms with E-state index in [1.807, 2.05) is 0 Å². The van der Waals surface area contributed by atoms with Crippen LogP contribution in [0.2, 0.25) is 0 Å². The van der Waals surface area contributed by atoms with E-state index in [1.165, 1.54) is 22.3 Å². The van der Waals surface area contributed by atoms with Crippen LogP contribution in [0, 0.1) is 10.1 Å². The molecular formula is C15H16N4O3S. The Bertz CT molecular complexity index is 764. The Morgan fingerprint density at radius 2 is 2.17 bits per heavy atom. The molecular weight excluding hydrogens is 316 g/mol. The van der Waals surface area contributed by atoms with Gasteiger partial charge in [0.25, 0.3) is 11.6 Å². The largest absolute Gasteiger partial charge is 0.372 e. The lowest BCUT2D eigenvalue weighted by Crippen LogP contribution is -2.15. The van der Waals surface area contributed by atoms with E-state index in [0.717, 1.165) is 25.0 Å². The highest BCUT2D eigenvalue weighted by Gasteiger charge is 2.21. The van der Waals surface area contributed by atoms with Crippen LogP contribution >= 0.6 is 11.3 Å². The summed E-state index contributed by atoms with van der Waals surface area (Å²) in [5.41, 5.74) is 1.67. The van der Waals surface area contributed by atoms with Crippen molar-refractivity contribution in [1.29, 1.82) is 0 Å². The molecule has 0 radical (unpaired) electrons. The molecule has 120 valence electrons. The number of hydrogen-bond acceptors (Lipinski definition) is 6. The molecule has 1 N–H and O–H groups in total. The normalized spacial score (nSPS) is 12.8. The fourth-order valence-corrected chi connectivity index (χ4v) is 3.65. The Labute approximate surface area is 137 Å². The minimum Gasteiger partial charge on any atom is -0.372 e. The lowest BCUT2D eigenvalue weighted by atomic mass is 10.1. The topological polar surface area (TPSA) is 88.4 Å². The summed E-state index contributed by atoms with van der Waals surface area (Å²) in [5, 5.41) is 14.5. The molecule has 1 amide bonds. The number of nitro benzene ring substituents is 1. The van der Waals surface area contributed by atoms with Crippen molar-refractivity contribution in [2.24, 2.45) is 0 Å². The van der Waals surface area contributed by atoms with Gasteiger partial charge in [-0.3, -0.25) is 20.2 Å². The summed E-state index contributed by atoms with van der Waals surface area (Å²) in [5.74, 6) is -0.383. The molecule has 0 saturated carbocycles. The summed E-state index contributed by atoms with van der Waals surface area (Å²) in [6, 6.07) is 4.46. The number of nitro groups is 1. The van der Waals surface area contributed by atoms with Crippen molar-refractivity contribution in [1.82, 2.24) is 4.98 Å². The van der Waals surface area contributed by atoms with Gasteiger partial charge in [-0.05, 0) is 31.4 Å². The van der Waals surface area contributed by atoms with Crippen LogP contribution in [0.3, 0.4) is 0 Å². The molecule has 8 heteroatoms. The first-order valence-corrected chi connectivity index (χ1v) is 8.03. The molecule has 23 heavy (non-hydrogen) atoms. The number of fused-ring (bicyclic) bond motifs is 1. The molecule has 0 aliphatic heterocycles. The molecule has 0 bridgehead atoms. The standard InChI is InChI=1S/C15H16N4O3S/c1-18(2)11-7-6-9(8-12(11)19(21)22)14(20)17-15-16-10-4-3-5-13(10)23-15/h6-8H,3-5H2,1-2H3,(H,16,17,20). The highest BCUT2D eigenvalue weighted by Crippen LogP contribution is 2.31.